The van der Waals surface area contributed by atoms with Crippen LogP contribution < -0.4 is 16.4 Å². The van der Waals surface area contributed by atoms with Gasteiger partial charge in [0.25, 0.3) is 0 Å². The first kappa shape index (κ1) is 42.8. The van der Waals surface area contributed by atoms with Crippen molar-refractivity contribution in [3.63, 3.8) is 0 Å². The normalized spacial score (nSPS) is 37.7. The van der Waals surface area contributed by atoms with Crippen molar-refractivity contribution in [2.75, 3.05) is 18.5 Å². The summed E-state index contributed by atoms with van der Waals surface area (Å²) in [4.78, 5) is 62.5. The quantitative estimate of drug-likeness (QED) is 0.0689. The number of alkyl halides is 1. The van der Waals surface area contributed by atoms with E-state index in [0.717, 1.165) is 49.7 Å². The second-order valence-electron chi connectivity index (χ2n) is 18.8. The summed E-state index contributed by atoms with van der Waals surface area (Å²) in [7, 11) is 0. The van der Waals surface area contributed by atoms with Crippen LogP contribution in [0.1, 0.15) is 102 Å². The Morgan fingerprint density at radius 1 is 1.05 bits per heavy atom. The molecule has 10 atom stereocenters. The molecule has 6 saturated carbocycles. The van der Waals surface area contributed by atoms with Crippen LogP contribution in [0.15, 0.2) is 48.1 Å². The van der Waals surface area contributed by atoms with Crippen molar-refractivity contribution in [1.29, 1.82) is 0 Å². The fraction of sp³-hybridized carbons (Fsp3) is 0.659. The van der Waals surface area contributed by atoms with Crippen LogP contribution in [0, 0.1) is 39.9 Å². The Labute approximate surface area is 347 Å². The fourth-order valence-corrected chi connectivity index (χ4v) is 12.9. The van der Waals surface area contributed by atoms with E-state index in [1.165, 1.54) is 0 Å². The molecule has 2 bridgehead atoms. The highest BCUT2D eigenvalue weighted by atomic mass is 79.9. The minimum atomic E-state index is -1.49. The Kier molecular flexibility index (Phi) is 11.8. The summed E-state index contributed by atoms with van der Waals surface area (Å²) in [5.74, 6) is -2.69. The number of hydrogen-bond donors (Lipinski definition) is 7. The third-order valence-electron chi connectivity index (χ3n) is 15.2. The zero-order valence-corrected chi connectivity index (χ0v) is 35.0. The van der Waals surface area contributed by atoms with E-state index in [4.69, 9.17) is 10.5 Å². The number of amides is 3. The van der Waals surface area contributed by atoms with Crippen LogP contribution in [0.25, 0.3) is 0 Å². The molecule has 3 amide bonds. The van der Waals surface area contributed by atoms with Crippen LogP contribution >= 0.6 is 15.9 Å². The number of rotatable bonds is 17. The summed E-state index contributed by atoms with van der Waals surface area (Å²) in [6.07, 6.45) is 8.86. The molecule has 8 N–H and O–H groups in total. The number of allylic oxidation sites excluding steroid dienone is 2. The van der Waals surface area contributed by atoms with Gasteiger partial charge in [-0.2, -0.15) is 0 Å². The molecule has 0 spiro atoms. The molecule has 2 unspecified atom stereocenters. The summed E-state index contributed by atoms with van der Waals surface area (Å²) < 4.78 is 6.49. The number of ketones is 2. The van der Waals surface area contributed by atoms with Gasteiger partial charge >= 0.3 is 0 Å². The van der Waals surface area contributed by atoms with Crippen LogP contribution in [-0.2, 0) is 35.1 Å². The van der Waals surface area contributed by atoms with Gasteiger partial charge in [0.05, 0.1) is 24.1 Å². The largest absolute Gasteiger partial charge is 0.393 e. The molecule has 14 heteroatoms. The Balaban J connectivity index is 0.960. The van der Waals surface area contributed by atoms with Crippen molar-refractivity contribution in [2.45, 2.75) is 121 Å². The molecule has 13 nitrogen and oxygen atoms in total. The van der Waals surface area contributed by atoms with Crippen molar-refractivity contribution in [1.82, 2.24) is 10.6 Å². The number of Topliss-reactive ketones (excluding diaryl/α,β-unsaturated/α-hetero) is 2. The number of carbonyl (C=O) groups is 5. The SMILES string of the molecule is C[C@]12C=CC(O)C=C1CC[C@@H]1[C@@H]2[C@@H](O)C[C@@]2(C)[C@H]1CC[C@]2(O[C@@H](O)c1ccc(CC23CC(NC(=O)C(CCC(=O)CNC(=O)CBr)CC(N)=O)(C2)C3)cc1)C(=O)CO. The molecule has 0 heterocycles. The molecule has 316 valence electrons. The maximum Gasteiger partial charge on any atom is 0.231 e. The fourth-order valence-electron chi connectivity index (χ4n) is 12.7. The van der Waals surface area contributed by atoms with Crippen molar-refractivity contribution in [3.05, 3.63) is 59.2 Å². The number of ether oxygens (including phenoxy) is 1. The zero-order chi connectivity index (χ0) is 41.8. The van der Waals surface area contributed by atoms with Crippen LogP contribution in [0.5, 0.6) is 0 Å². The first-order valence-corrected chi connectivity index (χ1v) is 21.8. The van der Waals surface area contributed by atoms with Crippen molar-refractivity contribution in [3.8, 4) is 0 Å². The summed E-state index contributed by atoms with van der Waals surface area (Å²) >= 11 is 3.03. The lowest BCUT2D eigenvalue weighted by Gasteiger charge is -2.71. The van der Waals surface area contributed by atoms with E-state index in [2.05, 4.69) is 33.5 Å². The van der Waals surface area contributed by atoms with Gasteiger partial charge in [-0.1, -0.05) is 77.8 Å². The predicted octanol–water partition coefficient (Wildman–Crippen LogP) is 3.00. The molecular weight excluding hydrogens is 810 g/mol. The van der Waals surface area contributed by atoms with Gasteiger partial charge in [-0.15, -0.1) is 0 Å². The van der Waals surface area contributed by atoms with Gasteiger partial charge in [0, 0.05) is 46.6 Å². The Hall–Kier alpha value is -3.27. The summed E-state index contributed by atoms with van der Waals surface area (Å²) in [5.41, 5.74) is 5.02. The van der Waals surface area contributed by atoms with Crippen molar-refractivity contribution < 1.29 is 49.1 Å². The topological polar surface area (TPSA) is 226 Å². The van der Waals surface area contributed by atoms with Gasteiger partial charge in [0.1, 0.15) is 12.2 Å². The Morgan fingerprint density at radius 3 is 2.41 bits per heavy atom. The average Bonchev–Trinajstić information content (AvgIpc) is 3.45. The second kappa shape index (κ2) is 16.0. The van der Waals surface area contributed by atoms with Crippen LogP contribution in [-0.4, -0.2) is 91.5 Å². The summed E-state index contributed by atoms with van der Waals surface area (Å²) in [6, 6.07) is 7.46. The molecule has 1 aromatic carbocycles. The smallest absolute Gasteiger partial charge is 0.231 e. The molecule has 7 aliphatic rings. The lowest BCUT2D eigenvalue weighted by atomic mass is 9.38. The standard InChI is InChI=1S/C44H58BrN3O10/c1-40-13-11-29(50)16-28(40)8-10-31-32-12-14-44(34(53)21-49,41(32,2)18-33(52)37(31)40)58-39(57)26-5-3-25(4-6-26)17-42-22-43(23-42,24-42)48-38(56)27(15-35(46)54)7-9-30(51)20-47-36(55)19-45/h3-6,11,13,16,27,29,31-33,37,39,49-50,52,57H,7-10,12,14-15,17-24H2,1-2H3,(H2,46,54)(H,47,55)(H,48,56)/t27?,29?,31-,32-,33-,37+,39+,40-,41-,42?,43?,44-/m0/s1. The molecule has 8 rings (SSSR count). The number of halogens is 1. The van der Waals surface area contributed by atoms with Gasteiger partial charge in [-0.05, 0) is 87.0 Å². The van der Waals surface area contributed by atoms with Crippen molar-refractivity contribution >= 4 is 45.2 Å². The Bertz CT molecular complexity index is 1860. The van der Waals surface area contributed by atoms with E-state index in [9.17, 15) is 44.4 Å². The van der Waals surface area contributed by atoms with E-state index >= 15 is 0 Å². The number of fused-ring (bicyclic) bond motifs is 5. The number of nitrogens with two attached hydrogens (primary N) is 1. The lowest BCUT2D eigenvalue weighted by Crippen LogP contribution is -2.75. The van der Waals surface area contributed by atoms with E-state index in [0.29, 0.717) is 18.4 Å². The molecule has 1 aromatic rings. The first-order valence-electron chi connectivity index (χ1n) is 20.7. The monoisotopic (exact) mass is 867 g/mol. The van der Waals surface area contributed by atoms with E-state index in [1.54, 1.807) is 18.2 Å². The molecule has 0 radical (unpaired) electrons. The van der Waals surface area contributed by atoms with Gasteiger partial charge in [-0.3, -0.25) is 24.0 Å². The number of primary amides is 1. The minimum Gasteiger partial charge on any atom is -0.393 e. The van der Waals surface area contributed by atoms with Crippen LogP contribution in [0.4, 0.5) is 0 Å². The molecule has 7 aliphatic carbocycles. The minimum absolute atomic E-state index is 0.0113. The molecule has 58 heavy (non-hydrogen) atoms. The summed E-state index contributed by atoms with van der Waals surface area (Å²) in [6.45, 7) is 3.23. The zero-order valence-electron chi connectivity index (χ0n) is 33.4. The summed E-state index contributed by atoms with van der Waals surface area (Å²) in [5, 5.41) is 49.7. The molecule has 6 fully saturated rings. The molecular formula is C44H58BrN3O10. The number of benzene rings is 1. The number of aliphatic hydroxyl groups excluding tert-OH is 4. The Morgan fingerprint density at radius 2 is 1.76 bits per heavy atom. The molecule has 0 saturated heterocycles. The van der Waals surface area contributed by atoms with E-state index < -0.39 is 59.1 Å². The number of carbonyl (C=O) groups excluding carboxylic acids is 5. The van der Waals surface area contributed by atoms with E-state index in [1.807, 2.05) is 31.2 Å². The number of hydrogen-bond acceptors (Lipinski definition) is 10. The van der Waals surface area contributed by atoms with Gasteiger partial charge in [-0.25, -0.2) is 0 Å². The number of aliphatic hydroxyl groups is 4. The van der Waals surface area contributed by atoms with E-state index in [-0.39, 0.29) is 83.9 Å². The maximum atomic E-state index is 13.8. The first-order chi connectivity index (χ1) is 27.4. The van der Waals surface area contributed by atoms with Crippen LogP contribution in [0.3, 0.4) is 0 Å². The highest BCUT2D eigenvalue weighted by molar-refractivity contribution is 9.09. The van der Waals surface area contributed by atoms with Crippen molar-refractivity contribution in [2.24, 2.45) is 45.7 Å². The average molecular weight is 869 g/mol. The maximum absolute atomic E-state index is 13.8. The number of nitrogens with one attached hydrogen (secondary N) is 2. The van der Waals surface area contributed by atoms with Gasteiger partial charge in [0.2, 0.25) is 17.7 Å². The highest BCUT2D eigenvalue weighted by Crippen LogP contribution is 2.69. The molecule has 0 aliphatic heterocycles. The predicted molar refractivity (Wildman–Crippen MR) is 216 cm³/mol. The van der Waals surface area contributed by atoms with Gasteiger partial charge < -0.3 is 41.5 Å². The second-order valence-corrected chi connectivity index (χ2v) is 19.4. The molecule has 0 aromatic heterocycles. The third kappa shape index (κ3) is 7.55. The van der Waals surface area contributed by atoms with Crippen LogP contribution in [0.2, 0.25) is 0 Å². The van der Waals surface area contributed by atoms with Gasteiger partial charge in [0.15, 0.2) is 17.9 Å². The highest BCUT2D eigenvalue weighted by Gasteiger charge is 2.70. The lowest BCUT2D eigenvalue weighted by molar-refractivity contribution is -0.243. The third-order valence-corrected chi connectivity index (χ3v) is 15.7.